The van der Waals surface area contributed by atoms with Crippen LogP contribution in [0.2, 0.25) is 0 Å². The molecule has 0 aliphatic heterocycles. The molecule has 0 fully saturated rings. The van der Waals surface area contributed by atoms with Crippen LogP contribution in [0.4, 0.5) is 10.1 Å². The van der Waals surface area contributed by atoms with Crippen LogP contribution in [-0.2, 0) is 6.54 Å². The van der Waals surface area contributed by atoms with Gasteiger partial charge in [-0.25, -0.2) is 4.39 Å². The van der Waals surface area contributed by atoms with Gasteiger partial charge >= 0.3 is 0 Å². The van der Waals surface area contributed by atoms with Crippen molar-refractivity contribution in [3.63, 3.8) is 0 Å². The van der Waals surface area contributed by atoms with E-state index in [4.69, 9.17) is 0 Å². The number of hydrogen-bond acceptors (Lipinski definition) is 4. The molecule has 0 aliphatic rings. The van der Waals surface area contributed by atoms with Crippen LogP contribution in [-0.4, -0.2) is 15.9 Å². The van der Waals surface area contributed by atoms with E-state index in [1.165, 1.54) is 18.2 Å². The van der Waals surface area contributed by atoms with Gasteiger partial charge in [0.15, 0.2) is 0 Å². The van der Waals surface area contributed by atoms with Crippen LogP contribution in [0.3, 0.4) is 0 Å². The van der Waals surface area contributed by atoms with E-state index in [1.807, 2.05) is 0 Å². The number of nitro groups is 1. The average Bonchev–Trinajstić information content (AvgIpc) is 2.44. The van der Waals surface area contributed by atoms with Crippen LogP contribution in [0, 0.1) is 15.9 Å². The van der Waals surface area contributed by atoms with Gasteiger partial charge in [0.1, 0.15) is 11.6 Å². The molecular weight excluding hydrogens is 359 g/mol. The Kier molecular flexibility index (Phi) is 4.71. The highest BCUT2D eigenvalue weighted by Crippen LogP contribution is 2.23. The lowest BCUT2D eigenvalue weighted by Gasteiger charge is -2.08. The van der Waals surface area contributed by atoms with Crippen LogP contribution in [0.5, 0.6) is 5.75 Å². The van der Waals surface area contributed by atoms with E-state index >= 15 is 0 Å². The van der Waals surface area contributed by atoms with Crippen molar-refractivity contribution in [1.82, 2.24) is 5.32 Å². The molecule has 0 spiro atoms. The first-order valence-electron chi connectivity index (χ1n) is 6.07. The maximum Gasteiger partial charge on any atom is 0.270 e. The van der Waals surface area contributed by atoms with E-state index in [2.05, 4.69) is 21.2 Å². The number of benzene rings is 2. The number of nitrogens with zero attached hydrogens (tertiary/aromatic N) is 1. The van der Waals surface area contributed by atoms with E-state index < -0.39 is 16.6 Å². The first kappa shape index (κ1) is 15.9. The monoisotopic (exact) mass is 368 g/mol. The van der Waals surface area contributed by atoms with Crippen LogP contribution < -0.4 is 5.32 Å². The molecule has 2 aromatic rings. The molecule has 114 valence electrons. The molecule has 0 saturated carbocycles. The van der Waals surface area contributed by atoms with Gasteiger partial charge in [0.05, 0.1) is 4.92 Å². The molecule has 22 heavy (non-hydrogen) atoms. The number of aromatic hydroxyl groups is 1. The van der Waals surface area contributed by atoms with Crippen molar-refractivity contribution in [3.05, 3.63) is 67.9 Å². The molecule has 2 aromatic carbocycles. The van der Waals surface area contributed by atoms with Crippen LogP contribution >= 0.6 is 15.9 Å². The molecule has 0 radical (unpaired) electrons. The molecule has 0 saturated heterocycles. The Morgan fingerprint density at radius 2 is 2.05 bits per heavy atom. The van der Waals surface area contributed by atoms with E-state index in [9.17, 15) is 24.4 Å². The Bertz CT molecular complexity index is 731. The van der Waals surface area contributed by atoms with Crippen molar-refractivity contribution in [3.8, 4) is 5.75 Å². The third-order valence-corrected chi connectivity index (χ3v) is 3.30. The van der Waals surface area contributed by atoms with Gasteiger partial charge in [-0.3, -0.25) is 14.9 Å². The summed E-state index contributed by atoms with van der Waals surface area (Å²) in [5.74, 6) is -1.31. The number of rotatable bonds is 4. The number of nitrogens with one attached hydrogen (secondary N) is 1. The Morgan fingerprint density at radius 1 is 1.32 bits per heavy atom. The SMILES string of the molecule is O=C(NCc1cc([N+](=O)[O-])ccc1O)c1cc(F)cc(Br)c1. The Hall–Kier alpha value is -2.48. The highest BCUT2D eigenvalue weighted by Gasteiger charge is 2.13. The lowest BCUT2D eigenvalue weighted by atomic mass is 10.1. The van der Waals surface area contributed by atoms with Crippen LogP contribution in [0.1, 0.15) is 15.9 Å². The maximum atomic E-state index is 13.2. The third kappa shape index (κ3) is 3.79. The van der Waals surface area contributed by atoms with Gasteiger partial charge in [0, 0.05) is 34.3 Å². The van der Waals surface area contributed by atoms with Crippen molar-refractivity contribution in [2.75, 3.05) is 0 Å². The molecule has 0 bridgehead atoms. The van der Waals surface area contributed by atoms with Gasteiger partial charge in [0.25, 0.3) is 11.6 Å². The quantitative estimate of drug-likeness (QED) is 0.640. The van der Waals surface area contributed by atoms with Gasteiger partial charge in [-0.05, 0) is 24.3 Å². The molecule has 0 aliphatic carbocycles. The summed E-state index contributed by atoms with van der Waals surface area (Å²) in [6.45, 7) is -0.125. The van der Waals surface area contributed by atoms with Crippen molar-refractivity contribution >= 4 is 27.5 Å². The number of carbonyl (C=O) groups is 1. The minimum absolute atomic E-state index is 0.0943. The third-order valence-electron chi connectivity index (χ3n) is 2.84. The highest BCUT2D eigenvalue weighted by atomic mass is 79.9. The first-order valence-corrected chi connectivity index (χ1v) is 6.86. The van der Waals surface area contributed by atoms with Gasteiger partial charge < -0.3 is 10.4 Å². The predicted molar refractivity (Wildman–Crippen MR) is 80.0 cm³/mol. The summed E-state index contributed by atoms with van der Waals surface area (Å²) in [6.07, 6.45) is 0. The maximum absolute atomic E-state index is 13.2. The van der Waals surface area contributed by atoms with E-state index in [1.54, 1.807) is 0 Å². The Morgan fingerprint density at radius 3 is 2.68 bits per heavy atom. The zero-order valence-corrected chi connectivity index (χ0v) is 12.6. The fraction of sp³-hybridized carbons (Fsp3) is 0.0714. The molecule has 2 rings (SSSR count). The fourth-order valence-corrected chi connectivity index (χ4v) is 2.25. The van der Waals surface area contributed by atoms with Gasteiger partial charge in [0.2, 0.25) is 0 Å². The standard InChI is InChI=1S/C14H10BrFN2O4/c15-10-3-8(4-11(16)6-10)14(20)17-7-9-5-12(18(21)22)1-2-13(9)19/h1-6,19H,7H2,(H,17,20). The number of amides is 1. The second kappa shape index (κ2) is 6.52. The number of nitro benzene ring substituents is 1. The molecule has 0 heterocycles. The molecular formula is C14H10BrFN2O4. The molecule has 8 heteroatoms. The molecule has 6 nitrogen and oxygen atoms in total. The second-order valence-corrected chi connectivity index (χ2v) is 5.33. The van der Waals surface area contributed by atoms with Crippen molar-refractivity contribution < 1.29 is 19.2 Å². The zero-order chi connectivity index (χ0) is 16.3. The molecule has 2 N–H and O–H groups in total. The summed E-state index contributed by atoms with van der Waals surface area (Å²) in [5.41, 5.74) is 0.0883. The first-order chi connectivity index (χ1) is 10.4. The number of phenolic OH excluding ortho intramolecular Hbond substituents is 1. The smallest absolute Gasteiger partial charge is 0.270 e. The van der Waals surface area contributed by atoms with E-state index in [0.29, 0.717) is 4.47 Å². The van der Waals surface area contributed by atoms with Gasteiger partial charge in [-0.15, -0.1) is 0 Å². The average molecular weight is 369 g/mol. The van der Waals surface area contributed by atoms with Gasteiger partial charge in [-0.1, -0.05) is 15.9 Å². The van der Waals surface area contributed by atoms with Crippen molar-refractivity contribution in [2.45, 2.75) is 6.54 Å². The van der Waals surface area contributed by atoms with Gasteiger partial charge in [-0.2, -0.15) is 0 Å². The van der Waals surface area contributed by atoms with E-state index in [0.717, 1.165) is 18.2 Å². The number of phenols is 1. The van der Waals surface area contributed by atoms with E-state index in [-0.39, 0.29) is 29.1 Å². The minimum atomic E-state index is -0.603. The lowest BCUT2D eigenvalue weighted by molar-refractivity contribution is -0.384. The Balaban J connectivity index is 2.14. The Labute approximate surface area is 132 Å². The van der Waals surface area contributed by atoms with Crippen LogP contribution in [0.15, 0.2) is 40.9 Å². The number of non-ortho nitro benzene ring substituents is 1. The summed E-state index contributed by atoms with van der Waals surface area (Å²) >= 11 is 3.08. The van der Waals surface area contributed by atoms with Crippen molar-refractivity contribution in [1.29, 1.82) is 0 Å². The normalized spacial score (nSPS) is 10.3. The van der Waals surface area contributed by atoms with Crippen molar-refractivity contribution in [2.24, 2.45) is 0 Å². The summed E-state index contributed by atoms with van der Waals surface area (Å²) < 4.78 is 13.6. The molecule has 0 atom stereocenters. The number of carbonyl (C=O) groups excluding carboxylic acids is 1. The topological polar surface area (TPSA) is 92.5 Å². The molecule has 1 amide bonds. The lowest BCUT2D eigenvalue weighted by Crippen LogP contribution is -2.23. The molecule has 0 unspecified atom stereocenters. The largest absolute Gasteiger partial charge is 0.508 e. The minimum Gasteiger partial charge on any atom is -0.508 e. The summed E-state index contributed by atoms with van der Waals surface area (Å²) in [7, 11) is 0. The summed E-state index contributed by atoms with van der Waals surface area (Å²) in [5, 5.41) is 22.8. The van der Waals surface area contributed by atoms with Crippen LogP contribution in [0.25, 0.3) is 0 Å². The number of halogens is 2. The highest BCUT2D eigenvalue weighted by molar-refractivity contribution is 9.10. The number of hydrogen-bond donors (Lipinski definition) is 2. The fourth-order valence-electron chi connectivity index (χ4n) is 1.79. The summed E-state index contributed by atoms with van der Waals surface area (Å²) in [6, 6.07) is 7.21. The predicted octanol–water partition coefficient (Wildman–Crippen LogP) is 3.13. The molecule has 0 aromatic heterocycles. The second-order valence-electron chi connectivity index (χ2n) is 4.41. The summed E-state index contributed by atoms with van der Waals surface area (Å²) in [4.78, 5) is 22.0. The zero-order valence-electron chi connectivity index (χ0n) is 11.0.